The summed E-state index contributed by atoms with van der Waals surface area (Å²) in [7, 11) is 5.42. The molecule has 0 fully saturated rings. The Labute approximate surface area is 113 Å². The van der Waals surface area contributed by atoms with E-state index in [1.165, 1.54) is 11.9 Å². The minimum atomic E-state index is 0.656. The molecule has 1 aromatic heterocycles. The van der Waals surface area contributed by atoms with Crippen molar-refractivity contribution in [3.05, 3.63) is 42.2 Å². The third-order valence-corrected chi connectivity index (χ3v) is 2.85. The summed E-state index contributed by atoms with van der Waals surface area (Å²) in [5.41, 5.74) is 1.22. The Morgan fingerprint density at radius 2 is 1.95 bits per heavy atom. The van der Waals surface area contributed by atoms with E-state index in [2.05, 4.69) is 27.4 Å². The van der Waals surface area contributed by atoms with Crippen LogP contribution in [0.15, 0.2) is 36.7 Å². The predicted molar refractivity (Wildman–Crippen MR) is 76.7 cm³/mol. The zero-order valence-corrected chi connectivity index (χ0v) is 11.4. The smallest absolute Gasteiger partial charge is 0.204 e. The number of benzene rings is 1. The van der Waals surface area contributed by atoms with E-state index < -0.39 is 0 Å². The van der Waals surface area contributed by atoms with Crippen LogP contribution in [-0.4, -0.2) is 31.2 Å². The SMILES string of the molecule is CNc1ncnc(N(C)Cc2ccccc2)c1OC. The third kappa shape index (κ3) is 2.93. The quantitative estimate of drug-likeness (QED) is 0.890. The van der Waals surface area contributed by atoms with Crippen LogP contribution in [-0.2, 0) is 6.54 Å². The van der Waals surface area contributed by atoms with Crippen LogP contribution < -0.4 is 15.0 Å². The van der Waals surface area contributed by atoms with E-state index >= 15 is 0 Å². The Hall–Kier alpha value is -2.30. The Morgan fingerprint density at radius 1 is 1.21 bits per heavy atom. The molecule has 5 nitrogen and oxygen atoms in total. The molecule has 0 aliphatic carbocycles. The third-order valence-electron chi connectivity index (χ3n) is 2.85. The van der Waals surface area contributed by atoms with Gasteiger partial charge in [-0.25, -0.2) is 9.97 Å². The number of hydrogen-bond donors (Lipinski definition) is 1. The van der Waals surface area contributed by atoms with E-state index in [-0.39, 0.29) is 0 Å². The standard InChI is InChI=1S/C14H18N4O/c1-15-13-12(19-3)14(17-10-16-13)18(2)9-11-7-5-4-6-8-11/h4-8,10H,9H2,1-3H3,(H,15,16,17). The maximum Gasteiger partial charge on any atom is 0.204 e. The fourth-order valence-corrected chi connectivity index (χ4v) is 1.93. The van der Waals surface area contributed by atoms with Crippen molar-refractivity contribution in [1.29, 1.82) is 0 Å². The summed E-state index contributed by atoms with van der Waals surface area (Å²) >= 11 is 0. The van der Waals surface area contributed by atoms with Crippen LogP contribution in [0.5, 0.6) is 5.75 Å². The van der Waals surface area contributed by atoms with E-state index in [0.29, 0.717) is 11.6 Å². The summed E-state index contributed by atoms with van der Waals surface area (Å²) in [6, 6.07) is 10.2. The molecule has 0 aliphatic heterocycles. The van der Waals surface area contributed by atoms with Crippen LogP contribution in [0.2, 0.25) is 0 Å². The van der Waals surface area contributed by atoms with Crippen molar-refractivity contribution in [2.45, 2.75) is 6.54 Å². The van der Waals surface area contributed by atoms with Gasteiger partial charge < -0.3 is 15.0 Å². The maximum absolute atomic E-state index is 5.40. The molecule has 2 aromatic rings. The first-order valence-electron chi connectivity index (χ1n) is 6.08. The molecule has 0 amide bonds. The van der Waals surface area contributed by atoms with E-state index in [4.69, 9.17) is 4.74 Å². The fourth-order valence-electron chi connectivity index (χ4n) is 1.93. The van der Waals surface area contributed by atoms with Gasteiger partial charge in [0, 0.05) is 20.6 Å². The summed E-state index contributed by atoms with van der Waals surface area (Å²) in [5, 5.41) is 3.00. The highest BCUT2D eigenvalue weighted by Gasteiger charge is 2.14. The highest BCUT2D eigenvalue weighted by atomic mass is 16.5. The van der Waals surface area contributed by atoms with Gasteiger partial charge in [-0.05, 0) is 5.56 Å². The predicted octanol–water partition coefficient (Wildman–Crippen LogP) is 2.16. The number of methoxy groups -OCH3 is 1. The van der Waals surface area contributed by atoms with Crippen LogP contribution >= 0.6 is 0 Å². The van der Waals surface area contributed by atoms with Crippen molar-refractivity contribution in [2.75, 3.05) is 31.4 Å². The molecule has 1 heterocycles. The zero-order valence-electron chi connectivity index (χ0n) is 11.4. The molecule has 1 N–H and O–H groups in total. The molecule has 1 aromatic carbocycles. The molecular weight excluding hydrogens is 240 g/mol. The van der Waals surface area contributed by atoms with E-state index in [1.807, 2.05) is 37.2 Å². The Balaban J connectivity index is 2.26. The first kappa shape index (κ1) is 13.1. The molecule has 0 unspecified atom stereocenters. The minimum Gasteiger partial charge on any atom is -0.490 e. The number of nitrogens with one attached hydrogen (secondary N) is 1. The van der Waals surface area contributed by atoms with Gasteiger partial charge in [-0.2, -0.15) is 0 Å². The van der Waals surface area contributed by atoms with Crippen LogP contribution in [0.4, 0.5) is 11.6 Å². The van der Waals surface area contributed by atoms with Gasteiger partial charge in [-0.3, -0.25) is 0 Å². The Morgan fingerprint density at radius 3 is 2.58 bits per heavy atom. The molecule has 0 bridgehead atoms. The highest BCUT2D eigenvalue weighted by Crippen LogP contribution is 2.31. The Kier molecular flexibility index (Phi) is 4.18. The lowest BCUT2D eigenvalue weighted by Crippen LogP contribution is -2.19. The van der Waals surface area contributed by atoms with Crippen LogP contribution in [0.25, 0.3) is 0 Å². The molecule has 19 heavy (non-hydrogen) atoms. The fraction of sp³-hybridized carbons (Fsp3) is 0.286. The second-order valence-electron chi connectivity index (χ2n) is 4.17. The van der Waals surface area contributed by atoms with Gasteiger partial charge in [0.2, 0.25) is 5.75 Å². The van der Waals surface area contributed by atoms with E-state index in [1.54, 1.807) is 7.11 Å². The molecule has 0 saturated heterocycles. The summed E-state index contributed by atoms with van der Waals surface area (Å²) in [4.78, 5) is 10.5. The van der Waals surface area contributed by atoms with Gasteiger partial charge in [-0.1, -0.05) is 30.3 Å². The second kappa shape index (κ2) is 6.04. The molecule has 0 saturated carbocycles. The van der Waals surface area contributed by atoms with Gasteiger partial charge in [0.05, 0.1) is 7.11 Å². The van der Waals surface area contributed by atoms with E-state index in [9.17, 15) is 0 Å². The first-order chi connectivity index (χ1) is 9.26. The maximum atomic E-state index is 5.40. The van der Waals surface area contributed by atoms with Crippen molar-refractivity contribution >= 4 is 11.6 Å². The highest BCUT2D eigenvalue weighted by molar-refractivity contribution is 5.64. The first-order valence-corrected chi connectivity index (χ1v) is 6.08. The van der Waals surface area contributed by atoms with Crippen molar-refractivity contribution in [3.63, 3.8) is 0 Å². The van der Waals surface area contributed by atoms with E-state index in [0.717, 1.165) is 12.4 Å². The number of anilines is 2. The summed E-state index contributed by atoms with van der Waals surface area (Å²) in [5.74, 6) is 2.11. The summed E-state index contributed by atoms with van der Waals surface area (Å²) < 4.78 is 5.40. The van der Waals surface area contributed by atoms with Gasteiger partial charge in [0.25, 0.3) is 0 Å². The van der Waals surface area contributed by atoms with Gasteiger partial charge in [0.15, 0.2) is 11.6 Å². The second-order valence-corrected chi connectivity index (χ2v) is 4.17. The van der Waals surface area contributed by atoms with Crippen molar-refractivity contribution in [2.24, 2.45) is 0 Å². The largest absolute Gasteiger partial charge is 0.490 e. The number of rotatable bonds is 5. The number of hydrogen-bond acceptors (Lipinski definition) is 5. The molecule has 0 radical (unpaired) electrons. The number of aromatic nitrogens is 2. The average Bonchev–Trinajstić information content (AvgIpc) is 2.47. The van der Waals surface area contributed by atoms with Crippen LogP contribution in [0.3, 0.4) is 0 Å². The normalized spacial score (nSPS) is 10.1. The molecule has 0 atom stereocenters. The minimum absolute atomic E-state index is 0.656. The molecule has 0 spiro atoms. The molecule has 100 valence electrons. The van der Waals surface area contributed by atoms with Gasteiger partial charge >= 0.3 is 0 Å². The van der Waals surface area contributed by atoms with Crippen molar-refractivity contribution < 1.29 is 4.74 Å². The zero-order chi connectivity index (χ0) is 13.7. The van der Waals surface area contributed by atoms with Crippen molar-refractivity contribution in [1.82, 2.24) is 9.97 Å². The van der Waals surface area contributed by atoms with Crippen LogP contribution in [0, 0.1) is 0 Å². The summed E-state index contributed by atoms with van der Waals surface area (Å²) in [6.45, 7) is 0.761. The summed E-state index contributed by atoms with van der Waals surface area (Å²) in [6.07, 6.45) is 1.53. The topological polar surface area (TPSA) is 50.3 Å². The van der Waals surface area contributed by atoms with Crippen molar-refractivity contribution in [3.8, 4) is 5.75 Å². The molecule has 0 aliphatic rings. The monoisotopic (exact) mass is 258 g/mol. The van der Waals surface area contributed by atoms with Gasteiger partial charge in [0.1, 0.15) is 6.33 Å². The lowest BCUT2D eigenvalue weighted by Gasteiger charge is -2.21. The Bertz CT molecular complexity index is 530. The van der Waals surface area contributed by atoms with Crippen LogP contribution in [0.1, 0.15) is 5.56 Å². The molecular formula is C14H18N4O. The molecule has 2 rings (SSSR count). The average molecular weight is 258 g/mol. The van der Waals surface area contributed by atoms with Gasteiger partial charge in [-0.15, -0.1) is 0 Å². The number of nitrogens with zero attached hydrogens (tertiary/aromatic N) is 3. The molecule has 5 heteroatoms. The lowest BCUT2D eigenvalue weighted by molar-refractivity contribution is 0.413. The lowest BCUT2D eigenvalue weighted by atomic mass is 10.2. The number of ether oxygens (including phenoxy) is 1.